The first-order valence-corrected chi connectivity index (χ1v) is 6.65. The number of hydrogen-bond acceptors (Lipinski definition) is 3. The van der Waals surface area contributed by atoms with Crippen LogP contribution < -0.4 is 14.8 Å². The Labute approximate surface area is 121 Å². The van der Waals surface area contributed by atoms with E-state index < -0.39 is 0 Å². The number of hydrogen-bond donors (Lipinski definition) is 1. The van der Waals surface area contributed by atoms with Gasteiger partial charge in [-0.25, -0.2) is 4.39 Å². The van der Waals surface area contributed by atoms with Crippen LogP contribution in [0.4, 0.5) is 4.39 Å². The molecule has 0 aliphatic carbocycles. The Kier molecular flexibility index (Phi) is 3.73. The van der Waals surface area contributed by atoms with Crippen molar-refractivity contribution in [1.82, 2.24) is 5.32 Å². The Morgan fingerprint density at radius 2 is 1.86 bits per heavy atom. The predicted molar refractivity (Wildman–Crippen MR) is 75.0 cm³/mol. The van der Waals surface area contributed by atoms with Crippen LogP contribution in [0.1, 0.15) is 15.9 Å². The van der Waals surface area contributed by atoms with Crippen molar-refractivity contribution in [2.45, 2.75) is 6.54 Å². The molecule has 108 valence electrons. The monoisotopic (exact) mass is 287 g/mol. The third-order valence-corrected chi connectivity index (χ3v) is 3.18. The number of benzene rings is 2. The molecule has 0 atom stereocenters. The molecular weight excluding hydrogens is 273 g/mol. The van der Waals surface area contributed by atoms with Gasteiger partial charge in [-0.1, -0.05) is 18.2 Å². The quantitative estimate of drug-likeness (QED) is 0.943. The first-order chi connectivity index (χ1) is 10.2. The van der Waals surface area contributed by atoms with Crippen molar-refractivity contribution >= 4 is 5.91 Å². The minimum Gasteiger partial charge on any atom is -0.486 e. The largest absolute Gasteiger partial charge is 0.486 e. The topological polar surface area (TPSA) is 47.6 Å². The van der Waals surface area contributed by atoms with E-state index in [2.05, 4.69) is 5.32 Å². The molecule has 0 radical (unpaired) electrons. The van der Waals surface area contributed by atoms with Crippen LogP contribution in [0.25, 0.3) is 0 Å². The molecule has 21 heavy (non-hydrogen) atoms. The Balaban J connectivity index is 1.72. The summed E-state index contributed by atoms with van der Waals surface area (Å²) in [5.74, 6) is 0.505. The zero-order valence-corrected chi connectivity index (χ0v) is 11.3. The lowest BCUT2D eigenvalue weighted by Gasteiger charge is -2.20. The third kappa shape index (κ3) is 2.97. The second-order valence-electron chi connectivity index (χ2n) is 4.64. The summed E-state index contributed by atoms with van der Waals surface area (Å²) in [6.07, 6.45) is 0. The standard InChI is InChI=1S/C16H14FNO3/c17-12-6-4-11(5-7-12)10-18-16(19)13-2-1-3-14-15(13)21-9-8-20-14/h1-7H,8-10H2,(H,18,19). The molecule has 5 heteroatoms. The molecule has 0 saturated carbocycles. The van der Waals surface area contributed by atoms with Crippen LogP contribution in [-0.4, -0.2) is 19.1 Å². The summed E-state index contributed by atoms with van der Waals surface area (Å²) in [7, 11) is 0. The molecule has 0 unspecified atom stereocenters. The average molecular weight is 287 g/mol. The van der Waals surface area contributed by atoms with Crippen molar-refractivity contribution in [2.75, 3.05) is 13.2 Å². The van der Waals surface area contributed by atoms with Gasteiger partial charge in [-0.2, -0.15) is 0 Å². The van der Waals surface area contributed by atoms with Crippen LogP contribution in [-0.2, 0) is 6.54 Å². The normalized spacial score (nSPS) is 12.8. The molecule has 2 aromatic carbocycles. The fourth-order valence-electron chi connectivity index (χ4n) is 2.13. The van der Waals surface area contributed by atoms with E-state index in [4.69, 9.17) is 9.47 Å². The van der Waals surface area contributed by atoms with E-state index in [9.17, 15) is 9.18 Å². The molecule has 1 amide bonds. The van der Waals surface area contributed by atoms with Crippen molar-refractivity contribution in [1.29, 1.82) is 0 Å². The van der Waals surface area contributed by atoms with Crippen molar-refractivity contribution in [3.63, 3.8) is 0 Å². The zero-order chi connectivity index (χ0) is 14.7. The van der Waals surface area contributed by atoms with E-state index in [1.807, 2.05) is 0 Å². The lowest BCUT2D eigenvalue weighted by Crippen LogP contribution is -2.25. The summed E-state index contributed by atoms with van der Waals surface area (Å²) in [6, 6.07) is 11.2. The van der Waals surface area contributed by atoms with Crippen LogP contribution in [0.3, 0.4) is 0 Å². The number of amides is 1. The fraction of sp³-hybridized carbons (Fsp3) is 0.188. The van der Waals surface area contributed by atoms with Gasteiger partial charge in [0.15, 0.2) is 11.5 Å². The number of fused-ring (bicyclic) bond motifs is 1. The SMILES string of the molecule is O=C(NCc1ccc(F)cc1)c1cccc2c1OCCO2. The highest BCUT2D eigenvalue weighted by atomic mass is 19.1. The van der Waals surface area contributed by atoms with E-state index >= 15 is 0 Å². The van der Waals surface area contributed by atoms with E-state index in [1.54, 1.807) is 30.3 Å². The minimum atomic E-state index is -0.298. The highest BCUT2D eigenvalue weighted by Gasteiger charge is 2.19. The number of carbonyl (C=O) groups excluding carboxylic acids is 1. The van der Waals surface area contributed by atoms with Gasteiger partial charge in [0.1, 0.15) is 19.0 Å². The Bertz CT molecular complexity index is 655. The maximum Gasteiger partial charge on any atom is 0.255 e. The van der Waals surface area contributed by atoms with Crippen molar-refractivity contribution in [3.8, 4) is 11.5 Å². The van der Waals surface area contributed by atoms with E-state index in [0.717, 1.165) is 5.56 Å². The van der Waals surface area contributed by atoms with Crippen LogP contribution in [0, 0.1) is 5.82 Å². The maximum atomic E-state index is 12.8. The predicted octanol–water partition coefficient (Wildman–Crippen LogP) is 2.53. The minimum absolute atomic E-state index is 0.248. The van der Waals surface area contributed by atoms with E-state index in [-0.39, 0.29) is 11.7 Å². The van der Waals surface area contributed by atoms with Gasteiger partial charge in [0.05, 0.1) is 5.56 Å². The molecule has 3 rings (SSSR count). The number of ether oxygens (including phenoxy) is 2. The van der Waals surface area contributed by atoms with Gasteiger partial charge in [0.2, 0.25) is 0 Å². The second-order valence-corrected chi connectivity index (χ2v) is 4.64. The van der Waals surface area contributed by atoms with E-state index in [0.29, 0.717) is 36.8 Å². The van der Waals surface area contributed by atoms with Gasteiger partial charge in [0, 0.05) is 6.54 Å². The van der Waals surface area contributed by atoms with Gasteiger partial charge in [-0.05, 0) is 29.8 Å². The van der Waals surface area contributed by atoms with Crippen molar-refractivity contribution < 1.29 is 18.7 Å². The fourth-order valence-corrected chi connectivity index (χ4v) is 2.13. The highest BCUT2D eigenvalue weighted by Crippen LogP contribution is 2.33. The summed E-state index contributed by atoms with van der Waals surface area (Å²) in [4.78, 5) is 12.2. The molecule has 0 fully saturated rings. The molecule has 0 bridgehead atoms. The summed E-state index contributed by atoms with van der Waals surface area (Å²) in [5, 5.41) is 2.79. The van der Waals surface area contributed by atoms with Gasteiger partial charge in [-0.3, -0.25) is 4.79 Å². The number of halogens is 1. The molecule has 0 aromatic heterocycles. The Morgan fingerprint density at radius 1 is 1.10 bits per heavy atom. The summed E-state index contributed by atoms with van der Waals surface area (Å²) in [5.41, 5.74) is 1.26. The molecular formula is C16H14FNO3. The summed E-state index contributed by atoms with van der Waals surface area (Å²) >= 11 is 0. The number of rotatable bonds is 3. The first-order valence-electron chi connectivity index (χ1n) is 6.65. The van der Waals surface area contributed by atoms with Crippen LogP contribution in [0.15, 0.2) is 42.5 Å². The summed E-state index contributed by atoms with van der Waals surface area (Å²) < 4.78 is 23.8. The van der Waals surface area contributed by atoms with Crippen LogP contribution >= 0.6 is 0 Å². The molecule has 4 nitrogen and oxygen atoms in total. The van der Waals surface area contributed by atoms with Crippen LogP contribution in [0.5, 0.6) is 11.5 Å². The second kappa shape index (κ2) is 5.83. The smallest absolute Gasteiger partial charge is 0.255 e. The number of carbonyl (C=O) groups is 1. The number of para-hydroxylation sites is 1. The molecule has 1 heterocycles. The lowest BCUT2D eigenvalue weighted by molar-refractivity contribution is 0.0940. The van der Waals surface area contributed by atoms with Gasteiger partial charge in [-0.15, -0.1) is 0 Å². The molecule has 1 aliphatic heterocycles. The van der Waals surface area contributed by atoms with Gasteiger partial charge < -0.3 is 14.8 Å². The molecule has 1 N–H and O–H groups in total. The zero-order valence-electron chi connectivity index (χ0n) is 11.3. The molecule has 0 spiro atoms. The first kappa shape index (κ1) is 13.4. The molecule has 2 aromatic rings. The van der Waals surface area contributed by atoms with E-state index in [1.165, 1.54) is 12.1 Å². The Morgan fingerprint density at radius 3 is 2.67 bits per heavy atom. The van der Waals surface area contributed by atoms with Gasteiger partial charge in [0.25, 0.3) is 5.91 Å². The third-order valence-electron chi connectivity index (χ3n) is 3.18. The highest BCUT2D eigenvalue weighted by molar-refractivity contribution is 5.97. The van der Waals surface area contributed by atoms with Crippen LogP contribution in [0.2, 0.25) is 0 Å². The number of nitrogens with one attached hydrogen (secondary N) is 1. The summed E-state index contributed by atoms with van der Waals surface area (Å²) in [6.45, 7) is 1.23. The lowest BCUT2D eigenvalue weighted by atomic mass is 10.1. The molecule has 1 aliphatic rings. The van der Waals surface area contributed by atoms with Crippen molar-refractivity contribution in [2.24, 2.45) is 0 Å². The average Bonchev–Trinajstić information content (AvgIpc) is 2.53. The molecule has 0 saturated heterocycles. The van der Waals surface area contributed by atoms with Gasteiger partial charge >= 0.3 is 0 Å². The Hall–Kier alpha value is -2.56. The maximum absolute atomic E-state index is 12.8. The van der Waals surface area contributed by atoms with Crippen molar-refractivity contribution in [3.05, 3.63) is 59.4 Å².